The molecule has 3 aromatic carbocycles. The number of carbonyl (C=O) groups is 1. The number of rotatable bonds is 10. The number of benzene rings is 3. The Hall–Kier alpha value is -3.29. The summed E-state index contributed by atoms with van der Waals surface area (Å²) in [5.74, 6) is -3.57. The van der Waals surface area contributed by atoms with E-state index >= 15 is 4.39 Å². The molecule has 45 heavy (non-hydrogen) atoms. The predicted molar refractivity (Wildman–Crippen MR) is 166 cm³/mol. The lowest BCUT2D eigenvalue weighted by molar-refractivity contribution is -0.118. The van der Waals surface area contributed by atoms with E-state index in [2.05, 4.69) is 10.6 Å². The molecule has 4 N–H and O–H groups in total. The summed E-state index contributed by atoms with van der Waals surface area (Å²) >= 11 is 0. The number of piperazine rings is 1. The van der Waals surface area contributed by atoms with Gasteiger partial charge in [0.25, 0.3) is 0 Å². The average Bonchev–Trinajstić information content (AvgIpc) is 3.01. The quantitative estimate of drug-likeness (QED) is 0.298. The number of nitrogens with one attached hydrogen (secondary N) is 2. The van der Waals surface area contributed by atoms with E-state index in [0.29, 0.717) is 39.1 Å². The van der Waals surface area contributed by atoms with E-state index in [0.717, 1.165) is 6.07 Å². The normalized spacial score (nSPS) is 21.3. The first-order chi connectivity index (χ1) is 21.6. The lowest BCUT2D eigenvalue weighted by Gasteiger charge is -2.40. The molecule has 2 saturated heterocycles. The molecule has 0 unspecified atom stereocenters. The van der Waals surface area contributed by atoms with E-state index in [1.165, 1.54) is 28.6 Å². The van der Waals surface area contributed by atoms with Crippen molar-refractivity contribution in [3.63, 3.8) is 0 Å². The summed E-state index contributed by atoms with van der Waals surface area (Å²) < 4.78 is 78.0. The number of hydrogen-bond donors (Lipinski definition) is 3. The molecule has 242 valence electrons. The van der Waals surface area contributed by atoms with E-state index in [1.807, 2.05) is 6.92 Å². The maximum Gasteiger partial charge on any atom is 0.243 e. The van der Waals surface area contributed by atoms with Gasteiger partial charge < -0.3 is 21.1 Å². The zero-order valence-electron chi connectivity index (χ0n) is 25.1. The highest BCUT2D eigenvalue weighted by atomic mass is 32.2. The molecule has 3 aromatic rings. The van der Waals surface area contributed by atoms with Crippen molar-refractivity contribution in [1.29, 1.82) is 0 Å². The molecule has 0 aromatic heterocycles. The van der Waals surface area contributed by atoms with Crippen LogP contribution in [0.15, 0.2) is 71.6 Å². The lowest BCUT2D eigenvalue weighted by Crippen LogP contribution is -2.58. The lowest BCUT2D eigenvalue weighted by atomic mass is 9.76. The minimum atomic E-state index is -3.82. The molecule has 2 aliphatic rings. The maximum atomic E-state index is 15.3. The van der Waals surface area contributed by atoms with E-state index < -0.39 is 51.4 Å². The molecule has 8 nitrogen and oxygen atoms in total. The molecule has 5 rings (SSSR count). The van der Waals surface area contributed by atoms with Gasteiger partial charge >= 0.3 is 0 Å². The zero-order valence-corrected chi connectivity index (χ0v) is 25.9. The van der Waals surface area contributed by atoms with Crippen LogP contribution in [-0.4, -0.2) is 63.1 Å². The molecule has 4 atom stereocenters. The first-order valence-corrected chi connectivity index (χ1v) is 16.7. The first-order valence-electron chi connectivity index (χ1n) is 15.2. The van der Waals surface area contributed by atoms with E-state index in [4.69, 9.17) is 10.5 Å². The zero-order chi connectivity index (χ0) is 32.1. The summed E-state index contributed by atoms with van der Waals surface area (Å²) in [7, 11) is -3.82. The molecule has 0 saturated carbocycles. The van der Waals surface area contributed by atoms with Crippen molar-refractivity contribution in [3.05, 3.63) is 95.3 Å². The number of sulfonamides is 1. The Morgan fingerprint density at radius 1 is 1.02 bits per heavy atom. The third-order valence-electron chi connectivity index (χ3n) is 8.77. The smallest absolute Gasteiger partial charge is 0.243 e. The Balaban J connectivity index is 1.37. The number of carbonyl (C=O) groups excluding carboxylic acids is 1. The van der Waals surface area contributed by atoms with Gasteiger partial charge in [0.1, 0.15) is 17.5 Å². The van der Waals surface area contributed by atoms with E-state index in [1.54, 1.807) is 36.4 Å². The third-order valence-corrected chi connectivity index (χ3v) is 10.9. The molecular formula is C33H39F3N4O4S. The molecule has 0 aliphatic carbocycles. The maximum absolute atomic E-state index is 15.3. The molecule has 0 radical (unpaired) electrons. The van der Waals surface area contributed by atoms with Crippen LogP contribution >= 0.6 is 0 Å². The van der Waals surface area contributed by atoms with E-state index in [-0.39, 0.29) is 46.5 Å². The average molecular weight is 645 g/mol. The van der Waals surface area contributed by atoms with Crippen molar-refractivity contribution in [3.8, 4) is 0 Å². The Morgan fingerprint density at radius 2 is 1.71 bits per heavy atom. The second-order valence-corrected chi connectivity index (χ2v) is 13.7. The van der Waals surface area contributed by atoms with Crippen molar-refractivity contribution in [2.24, 2.45) is 11.7 Å². The third kappa shape index (κ3) is 7.58. The van der Waals surface area contributed by atoms with Gasteiger partial charge in [0.2, 0.25) is 15.9 Å². The minimum Gasteiger partial charge on any atom is -0.381 e. The monoisotopic (exact) mass is 644 g/mol. The summed E-state index contributed by atoms with van der Waals surface area (Å²) in [6, 6.07) is 13.7. The fraction of sp³-hybridized carbons (Fsp3) is 0.424. The number of nitrogens with zero attached hydrogens (tertiary/aromatic N) is 1. The highest BCUT2D eigenvalue weighted by Gasteiger charge is 2.38. The van der Waals surface area contributed by atoms with Gasteiger partial charge in [-0.3, -0.25) is 4.79 Å². The van der Waals surface area contributed by atoms with Gasteiger partial charge in [-0.15, -0.1) is 0 Å². The van der Waals surface area contributed by atoms with Gasteiger partial charge in [0.15, 0.2) is 0 Å². The number of amides is 1. The summed E-state index contributed by atoms with van der Waals surface area (Å²) in [4.78, 5) is 13.8. The molecular weight excluding hydrogens is 605 g/mol. The molecule has 2 aliphatic heterocycles. The van der Waals surface area contributed by atoms with Crippen molar-refractivity contribution < 1.29 is 31.1 Å². The first kappa shape index (κ1) is 33.1. The molecule has 12 heteroatoms. The van der Waals surface area contributed by atoms with Gasteiger partial charge in [-0.1, -0.05) is 24.3 Å². The van der Waals surface area contributed by atoms with Crippen molar-refractivity contribution in [2.75, 3.05) is 31.6 Å². The van der Waals surface area contributed by atoms with Crippen LogP contribution < -0.4 is 16.4 Å². The topological polar surface area (TPSA) is 114 Å². The standard InChI is InChI=1S/C33H39F3N4O4S/c1-21-19-38-20-26(40(21)45(42,43)27-6-3-2-4-7-27)10-11-28-29(36)8-5-9-30(28)39-33(41)32(37)31(22-12-14-44-15-13-22)23-16-24(34)18-25(35)17-23/h2-9,16-18,21-22,26,31-32,38H,10-15,19-20,37H2,1H3,(H,39,41)/t21-,26+,31-,32+/m1/s1. The summed E-state index contributed by atoms with van der Waals surface area (Å²) in [6.07, 6.45) is 1.54. The molecule has 2 heterocycles. The van der Waals surface area contributed by atoms with Crippen LogP contribution in [0.3, 0.4) is 0 Å². The van der Waals surface area contributed by atoms with Crippen LogP contribution in [0.2, 0.25) is 0 Å². The predicted octanol–water partition coefficient (Wildman–Crippen LogP) is 4.56. The number of ether oxygens (including phenoxy) is 1. The number of anilines is 1. The Morgan fingerprint density at radius 3 is 2.40 bits per heavy atom. The van der Waals surface area contributed by atoms with Crippen LogP contribution in [-0.2, 0) is 26.0 Å². The highest BCUT2D eigenvalue weighted by molar-refractivity contribution is 7.89. The fourth-order valence-electron chi connectivity index (χ4n) is 6.61. The number of nitrogens with two attached hydrogens (primary N) is 1. The van der Waals surface area contributed by atoms with Gasteiger partial charge in [-0.2, -0.15) is 4.31 Å². The van der Waals surface area contributed by atoms with Gasteiger partial charge in [0.05, 0.1) is 10.9 Å². The van der Waals surface area contributed by atoms with Crippen LogP contribution in [0.1, 0.15) is 43.2 Å². The molecule has 0 bridgehead atoms. The highest BCUT2D eigenvalue weighted by Crippen LogP contribution is 2.36. The van der Waals surface area contributed by atoms with E-state index in [9.17, 15) is 22.0 Å². The van der Waals surface area contributed by atoms with Gasteiger partial charge in [-0.05, 0) is 80.5 Å². The summed E-state index contributed by atoms with van der Waals surface area (Å²) in [5.41, 5.74) is 7.22. The van der Waals surface area contributed by atoms with Gasteiger partial charge in [-0.25, -0.2) is 21.6 Å². The molecule has 0 spiro atoms. The second kappa shape index (κ2) is 14.4. The summed E-state index contributed by atoms with van der Waals surface area (Å²) in [5, 5.41) is 6.03. The van der Waals surface area contributed by atoms with Crippen molar-refractivity contribution in [2.45, 2.75) is 61.5 Å². The minimum absolute atomic E-state index is 0.135. The SMILES string of the molecule is C[C@@H]1CNC[C@H](CCc2c(F)cccc2NC(=O)[C@@H](N)[C@@H](c2cc(F)cc(F)c2)C2CCOCC2)N1S(=O)(=O)c1ccccc1. The van der Waals surface area contributed by atoms with Crippen LogP contribution in [0.25, 0.3) is 0 Å². The number of halogens is 3. The largest absolute Gasteiger partial charge is 0.381 e. The number of hydrogen-bond acceptors (Lipinski definition) is 6. The summed E-state index contributed by atoms with van der Waals surface area (Å²) in [6.45, 7) is 3.56. The second-order valence-electron chi connectivity index (χ2n) is 11.8. The molecule has 1 amide bonds. The fourth-order valence-corrected chi connectivity index (χ4v) is 8.48. The Kier molecular flexibility index (Phi) is 10.6. The van der Waals surface area contributed by atoms with Crippen LogP contribution in [0.5, 0.6) is 0 Å². The Bertz CT molecular complexity index is 1570. The van der Waals surface area contributed by atoms with Crippen molar-refractivity contribution >= 4 is 21.6 Å². The van der Waals surface area contributed by atoms with Crippen LogP contribution in [0, 0.1) is 23.4 Å². The van der Waals surface area contributed by atoms with Crippen LogP contribution in [0.4, 0.5) is 18.9 Å². The van der Waals surface area contributed by atoms with Crippen molar-refractivity contribution in [1.82, 2.24) is 9.62 Å². The van der Waals surface area contributed by atoms with Gasteiger partial charge in [0, 0.05) is 61.6 Å². The molecule has 2 fully saturated rings. The Labute approximate surface area is 262 Å².